The fourth-order valence-electron chi connectivity index (χ4n) is 2.26. The number of likely N-dealkylation sites (tertiary alicyclic amines) is 1. The normalized spacial score (nSPS) is 21.4. The molecular weight excluding hydrogens is 228 g/mol. The zero-order valence-electron chi connectivity index (χ0n) is 10.7. The summed E-state index contributed by atoms with van der Waals surface area (Å²) in [5.41, 5.74) is 1.15. The number of hydrogen-bond acceptors (Lipinski definition) is 3. The Morgan fingerprint density at radius 2 is 2.00 bits per heavy atom. The first-order valence-corrected chi connectivity index (χ1v) is 6.25. The maximum Gasteiger partial charge on any atom is 0.246 e. The van der Waals surface area contributed by atoms with Crippen LogP contribution >= 0.6 is 0 Å². The topological polar surface area (TPSA) is 49.4 Å². The van der Waals surface area contributed by atoms with Crippen LogP contribution in [0.25, 0.3) is 0 Å². The van der Waals surface area contributed by atoms with Crippen molar-refractivity contribution in [3.63, 3.8) is 0 Å². The molecule has 1 saturated heterocycles. The molecule has 0 saturated carbocycles. The number of hydrogen-bond donors (Lipinski definition) is 1. The molecule has 4 nitrogen and oxygen atoms in total. The molecule has 2 unspecified atom stereocenters. The minimum Gasteiger partial charge on any atom is -0.299 e. The van der Waals surface area contributed by atoms with Crippen molar-refractivity contribution in [3.8, 4) is 0 Å². The first-order valence-electron chi connectivity index (χ1n) is 6.25. The van der Waals surface area contributed by atoms with Gasteiger partial charge in [0.15, 0.2) is 0 Å². The molecule has 0 aliphatic carbocycles. The predicted molar refractivity (Wildman–Crippen MR) is 68.8 cm³/mol. The van der Waals surface area contributed by atoms with Gasteiger partial charge in [-0.3, -0.25) is 19.8 Å². The summed E-state index contributed by atoms with van der Waals surface area (Å²) in [5.74, 6) is -0.241. The lowest BCUT2D eigenvalue weighted by atomic mass is 10.0. The summed E-state index contributed by atoms with van der Waals surface area (Å²) in [7, 11) is 1.54. The fourth-order valence-corrected chi connectivity index (χ4v) is 2.26. The minimum atomic E-state index is -0.382. The Morgan fingerprint density at radius 1 is 1.33 bits per heavy atom. The number of imide groups is 1. The fraction of sp³-hybridized carbons (Fsp3) is 0.429. The average Bonchev–Trinajstić information content (AvgIpc) is 2.64. The van der Waals surface area contributed by atoms with Crippen LogP contribution in [0.1, 0.15) is 31.4 Å². The summed E-state index contributed by atoms with van der Waals surface area (Å²) in [6.07, 6.45) is 1.14. The van der Waals surface area contributed by atoms with E-state index >= 15 is 0 Å². The van der Waals surface area contributed by atoms with E-state index in [0.29, 0.717) is 0 Å². The molecule has 0 radical (unpaired) electrons. The van der Waals surface area contributed by atoms with Crippen molar-refractivity contribution < 1.29 is 9.59 Å². The van der Waals surface area contributed by atoms with E-state index in [1.54, 1.807) is 0 Å². The van der Waals surface area contributed by atoms with Crippen LogP contribution < -0.4 is 5.32 Å². The van der Waals surface area contributed by atoms with Crippen LogP contribution in [-0.2, 0) is 9.59 Å². The molecule has 1 N–H and O–H groups in total. The number of nitrogens with zero attached hydrogens (tertiary/aromatic N) is 1. The zero-order chi connectivity index (χ0) is 13.1. The van der Waals surface area contributed by atoms with Crippen LogP contribution in [0.15, 0.2) is 30.3 Å². The Labute approximate surface area is 107 Å². The third-order valence-corrected chi connectivity index (χ3v) is 3.39. The standard InChI is InChI=1S/C14H18N2O2/c1-3-11(10-7-5-4-6-8-10)15-12-9-13(17)16(2)14(12)18/h4-8,11-12,15H,3,9H2,1-2H3. The highest BCUT2D eigenvalue weighted by atomic mass is 16.2. The molecule has 0 spiro atoms. The molecule has 18 heavy (non-hydrogen) atoms. The summed E-state index contributed by atoms with van der Waals surface area (Å²) in [4.78, 5) is 24.5. The third kappa shape index (κ3) is 2.43. The summed E-state index contributed by atoms with van der Waals surface area (Å²) in [6.45, 7) is 2.07. The van der Waals surface area contributed by atoms with Gasteiger partial charge < -0.3 is 0 Å². The number of carbonyl (C=O) groups is 2. The largest absolute Gasteiger partial charge is 0.299 e. The van der Waals surface area contributed by atoms with Crippen molar-refractivity contribution in [2.24, 2.45) is 0 Å². The summed E-state index contributed by atoms with van der Waals surface area (Å²) < 4.78 is 0. The van der Waals surface area contributed by atoms with E-state index in [-0.39, 0.29) is 30.3 Å². The molecule has 1 aromatic rings. The molecule has 1 aromatic carbocycles. The van der Waals surface area contributed by atoms with Gasteiger partial charge in [-0.15, -0.1) is 0 Å². The molecule has 1 aliphatic heterocycles. The van der Waals surface area contributed by atoms with Gasteiger partial charge in [-0.05, 0) is 12.0 Å². The SMILES string of the molecule is CCC(NC1CC(=O)N(C)C1=O)c1ccccc1. The number of amides is 2. The van der Waals surface area contributed by atoms with Crippen molar-refractivity contribution in [1.82, 2.24) is 10.2 Å². The molecule has 1 heterocycles. The van der Waals surface area contributed by atoms with Crippen molar-refractivity contribution in [3.05, 3.63) is 35.9 Å². The lowest BCUT2D eigenvalue weighted by molar-refractivity contribution is -0.137. The molecule has 2 amide bonds. The van der Waals surface area contributed by atoms with Crippen molar-refractivity contribution in [1.29, 1.82) is 0 Å². The lowest BCUT2D eigenvalue weighted by Crippen LogP contribution is -2.39. The maximum absolute atomic E-state index is 11.8. The highest BCUT2D eigenvalue weighted by molar-refractivity contribution is 6.05. The number of likely N-dealkylation sites (N-methyl/N-ethyl adjacent to an activating group) is 1. The van der Waals surface area contributed by atoms with Crippen LogP contribution in [0.5, 0.6) is 0 Å². The second-order valence-corrected chi connectivity index (χ2v) is 4.59. The molecule has 96 valence electrons. The second-order valence-electron chi connectivity index (χ2n) is 4.59. The monoisotopic (exact) mass is 246 g/mol. The van der Waals surface area contributed by atoms with Crippen molar-refractivity contribution in [2.75, 3.05) is 7.05 Å². The Bertz CT molecular complexity index is 444. The average molecular weight is 246 g/mol. The Balaban J connectivity index is 2.08. The van der Waals surface area contributed by atoms with Gasteiger partial charge in [0.25, 0.3) is 0 Å². The number of benzene rings is 1. The lowest BCUT2D eigenvalue weighted by Gasteiger charge is -2.20. The highest BCUT2D eigenvalue weighted by Gasteiger charge is 2.36. The number of rotatable bonds is 4. The molecule has 1 fully saturated rings. The first kappa shape index (κ1) is 12.8. The van der Waals surface area contributed by atoms with Gasteiger partial charge in [0.05, 0.1) is 12.5 Å². The van der Waals surface area contributed by atoms with E-state index < -0.39 is 0 Å². The van der Waals surface area contributed by atoms with Crippen molar-refractivity contribution in [2.45, 2.75) is 31.8 Å². The molecular formula is C14H18N2O2. The van der Waals surface area contributed by atoms with E-state index in [9.17, 15) is 9.59 Å². The summed E-state index contributed by atoms with van der Waals surface area (Å²) >= 11 is 0. The van der Waals surface area contributed by atoms with Gasteiger partial charge in [0, 0.05) is 13.1 Å². The third-order valence-electron chi connectivity index (χ3n) is 3.39. The van der Waals surface area contributed by atoms with Crippen LogP contribution in [0, 0.1) is 0 Å². The number of nitrogens with one attached hydrogen (secondary N) is 1. The predicted octanol–water partition coefficient (Wildman–Crippen LogP) is 1.48. The molecule has 2 rings (SSSR count). The van der Waals surface area contributed by atoms with E-state index in [2.05, 4.69) is 12.2 Å². The molecule has 1 aliphatic rings. The van der Waals surface area contributed by atoms with E-state index in [4.69, 9.17) is 0 Å². The summed E-state index contributed by atoms with van der Waals surface area (Å²) in [5, 5.41) is 3.28. The molecule has 0 bridgehead atoms. The Kier molecular flexibility index (Phi) is 3.77. The van der Waals surface area contributed by atoms with Crippen LogP contribution in [0.4, 0.5) is 0 Å². The molecule has 0 aromatic heterocycles. The molecule has 2 atom stereocenters. The highest BCUT2D eigenvalue weighted by Crippen LogP contribution is 2.20. The van der Waals surface area contributed by atoms with E-state index in [1.165, 1.54) is 11.9 Å². The zero-order valence-corrected chi connectivity index (χ0v) is 10.7. The molecule has 4 heteroatoms. The van der Waals surface area contributed by atoms with Gasteiger partial charge in [-0.1, -0.05) is 37.3 Å². The Hall–Kier alpha value is -1.68. The van der Waals surface area contributed by atoms with Gasteiger partial charge in [0.1, 0.15) is 0 Å². The first-order chi connectivity index (χ1) is 8.63. The van der Waals surface area contributed by atoms with Gasteiger partial charge >= 0.3 is 0 Å². The summed E-state index contributed by atoms with van der Waals surface area (Å²) in [6, 6.07) is 9.72. The van der Waals surface area contributed by atoms with Crippen LogP contribution in [-0.4, -0.2) is 29.8 Å². The quantitative estimate of drug-likeness (QED) is 0.819. The van der Waals surface area contributed by atoms with Crippen LogP contribution in [0.2, 0.25) is 0 Å². The van der Waals surface area contributed by atoms with Gasteiger partial charge in [-0.2, -0.15) is 0 Å². The second kappa shape index (κ2) is 5.31. The number of carbonyl (C=O) groups excluding carboxylic acids is 2. The van der Waals surface area contributed by atoms with Crippen molar-refractivity contribution >= 4 is 11.8 Å². The van der Waals surface area contributed by atoms with Gasteiger partial charge in [0.2, 0.25) is 11.8 Å². The van der Waals surface area contributed by atoms with Crippen LogP contribution in [0.3, 0.4) is 0 Å². The maximum atomic E-state index is 11.8. The van der Waals surface area contributed by atoms with E-state index in [1.807, 2.05) is 30.3 Å². The van der Waals surface area contributed by atoms with E-state index in [0.717, 1.165) is 12.0 Å². The smallest absolute Gasteiger partial charge is 0.246 e. The minimum absolute atomic E-state index is 0.111. The van der Waals surface area contributed by atoms with Gasteiger partial charge in [-0.25, -0.2) is 0 Å². The Morgan fingerprint density at radius 3 is 2.50 bits per heavy atom.